The van der Waals surface area contributed by atoms with Gasteiger partial charge in [-0.05, 0) is 24.3 Å². The molecule has 6 heteroatoms. The highest BCUT2D eigenvalue weighted by Gasteiger charge is 2.19. The summed E-state index contributed by atoms with van der Waals surface area (Å²) < 4.78 is 5.38. The molecule has 0 aliphatic heterocycles. The summed E-state index contributed by atoms with van der Waals surface area (Å²) in [5.41, 5.74) is 1.62. The number of aromatic nitrogens is 2. The fourth-order valence-electron chi connectivity index (χ4n) is 2.34. The molecule has 6 nitrogen and oxygen atoms in total. The zero-order valence-electron chi connectivity index (χ0n) is 14.4. The van der Waals surface area contributed by atoms with Gasteiger partial charge >= 0.3 is 5.97 Å². The largest absolute Gasteiger partial charge is 0.423 e. The zero-order valence-corrected chi connectivity index (χ0v) is 14.4. The molecule has 0 radical (unpaired) electrons. The molecule has 1 heterocycles. The van der Waals surface area contributed by atoms with Gasteiger partial charge < -0.3 is 9.64 Å². The Kier molecular flexibility index (Phi) is 4.90. The minimum atomic E-state index is -0.557. The Morgan fingerprint density at radius 1 is 1.08 bits per heavy atom. The van der Waals surface area contributed by atoms with E-state index in [1.807, 2.05) is 36.4 Å². The van der Waals surface area contributed by atoms with Crippen molar-refractivity contribution in [3.05, 3.63) is 71.9 Å². The van der Waals surface area contributed by atoms with E-state index in [1.165, 1.54) is 6.20 Å². The molecule has 0 saturated heterocycles. The molecule has 0 unspecified atom stereocenters. The summed E-state index contributed by atoms with van der Waals surface area (Å²) in [6.07, 6.45) is 1.47. The molecular weight excluding hydrogens is 328 g/mol. The third-order valence-electron chi connectivity index (χ3n) is 3.64. The van der Waals surface area contributed by atoms with Gasteiger partial charge in [-0.2, -0.15) is 5.26 Å². The van der Waals surface area contributed by atoms with Crippen LogP contribution in [0.2, 0.25) is 0 Å². The van der Waals surface area contributed by atoms with Crippen LogP contribution in [-0.2, 0) is 0 Å². The van der Waals surface area contributed by atoms with E-state index in [4.69, 9.17) is 10.00 Å². The molecule has 2 aromatic carbocycles. The lowest BCUT2D eigenvalue weighted by Gasteiger charge is -2.16. The molecule has 0 fully saturated rings. The van der Waals surface area contributed by atoms with Gasteiger partial charge in [0.25, 0.3) is 0 Å². The molecule has 0 aliphatic carbocycles. The smallest absolute Gasteiger partial charge is 0.348 e. The van der Waals surface area contributed by atoms with E-state index in [0.29, 0.717) is 23.0 Å². The van der Waals surface area contributed by atoms with Crippen LogP contribution in [0.15, 0.2) is 60.8 Å². The number of carbonyl (C=O) groups is 1. The predicted octanol–water partition coefficient (Wildman–Crippen LogP) is 3.30. The fourth-order valence-corrected chi connectivity index (χ4v) is 2.34. The molecule has 128 valence electrons. The quantitative estimate of drug-likeness (QED) is 0.534. The number of carbonyl (C=O) groups excluding carboxylic acids is 1. The number of nitrogens with zero attached hydrogens (tertiary/aromatic N) is 4. The van der Waals surface area contributed by atoms with Crippen LogP contribution in [0.1, 0.15) is 15.9 Å². The molecule has 0 bridgehead atoms. The minimum Gasteiger partial charge on any atom is -0.423 e. The third-order valence-corrected chi connectivity index (χ3v) is 3.64. The second kappa shape index (κ2) is 7.45. The highest BCUT2D eigenvalue weighted by Crippen LogP contribution is 2.22. The second-order valence-corrected chi connectivity index (χ2v) is 5.72. The van der Waals surface area contributed by atoms with Gasteiger partial charge in [0.05, 0.1) is 11.6 Å². The Morgan fingerprint density at radius 3 is 2.38 bits per heavy atom. The van der Waals surface area contributed by atoms with Crippen molar-refractivity contribution in [2.75, 3.05) is 19.0 Å². The first-order valence-electron chi connectivity index (χ1n) is 7.90. The van der Waals surface area contributed by atoms with Crippen LogP contribution in [0.5, 0.6) is 5.75 Å². The van der Waals surface area contributed by atoms with Crippen molar-refractivity contribution in [2.24, 2.45) is 0 Å². The van der Waals surface area contributed by atoms with Crippen LogP contribution in [0.4, 0.5) is 5.82 Å². The normalized spacial score (nSPS) is 10.0. The van der Waals surface area contributed by atoms with Crippen LogP contribution < -0.4 is 9.64 Å². The van der Waals surface area contributed by atoms with Gasteiger partial charge in [-0.3, -0.25) is 0 Å². The molecule has 0 spiro atoms. The Labute approximate surface area is 151 Å². The summed E-state index contributed by atoms with van der Waals surface area (Å²) in [5.74, 6) is 0.797. The van der Waals surface area contributed by atoms with Crippen molar-refractivity contribution in [1.29, 1.82) is 5.26 Å². The summed E-state index contributed by atoms with van der Waals surface area (Å²) in [6.45, 7) is 0. The lowest BCUT2D eigenvalue weighted by Crippen LogP contribution is -2.19. The van der Waals surface area contributed by atoms with Crippen LogP contribution >= 0.6 is 0 Å². The Balaban J connectivity index is 1.90. The first kappa shape index (κ1) is 17.1. The third kappa shape index (κ3) is 3.68. The lowest BCUT2D eigenvalue weighted by molar-refractivity contribution is 0.0734. The molecule has 0 saturated carbocycles. The Morgan fingerprint density at radius 2 is 1.77 bits per heavy atom. The number of nitriles is 1. The van der Waals surface area contributed by atoms with Gasteiger partial charge in [-0.15, -0.1) is 0 Å². The van der Waals surface area contributed by atoms with E-state index in [9.17, 15) is 4.79 Å². The van der Waals surface area contributed by atoms with Gasteiger partial charge in [0, 0.05) is 25.9 Å². The number of hydrogen-bond acceptors (Lipinski definition) is 6. The standard InChI is InChI=1S/C20H16N4O2/c1-24(2)19-17(13-22-18(23-19)15-6-4-3-5-7-15)20(25)26-16-10-8-14(12-21)9-11-16/h3-11,13H,1-2H3. The Hall–Kier alpha value is -3.72. The number of anilines is 1. The van der Waals surface area contributed by atoms with Crippen molar-refractivity contribution >= 4 is 11.8 Å². The topological polar surface area (TPSA) is 79.1 Å². The number of ether oxygens (including phenoxy) is 1. The van der Waals surface area contributed by atoms with Crippen molar-refractivity contribution < 1.29 is 9.53 Å². The average Bonchev–Trinajstić information content (AvgIpc) is 2.68. The summed E-state index contributed by atoms with van der Waals surface area (Å²) in [4.78, 5) is 23.1. The maximum Gasteiger partial charge on any atom is 0.348 e. The molecule has 0 atom stereocenters. The monoisotopic (exact) mass is 344 g/mol. The van der Waals surface area contributed by atoms with Crippen LogP contribution in [-0.4, -0.2) is 30.0 Å². The van der Waals surface area contributed by atoms with Crippen LogP contribution in [0.25, 0.3) is 11.4 Å². The average molecular weight is 344 g/mol. The lowest BCUT2D eigenvalue weighted by atomic mass is 10.2. The summed E-state index contributed by atoms with van der Waals surface area (Å²) in [6, 6.07) is 17.9. The van der Waals surface area contributed by atoms with Gasteiger partial charge in [-0.25, -0.2) is 14.8 Å². The molecular formula is C20H16N4O2. The molecule has 3 aromatic rings. The SMILES string of the molecule is CN(C)c1nc(-c2ccccc2)ncc1C(=O)Oc1ccc(C#N)cc1. The summed E-state index contributed by atoms with van der Waals surface area (Å²) in [7, 11) is 3.60. The van der Waals surface area contributed by atoms with Gasteiger partial charge in [0.15, 0.2) is 5.82 Å². The molecule has 3 rings (SSSR count). The minimum absolute atomic E-state index is 0.263. The number of benzene rings is 2. The van der Waals surface area contributed by atoms with E-state index in [-0.39, 0.29) is 5.56 Å². The molecule has 0 N–H and O–H groups in total. The molecule has 0 aliphatic rings. The van der Waals surface area contributed by atoms with E-state index in [1.54, 1.807) is 43.3 Å². The first-order valence-corrected chi connectivity index (χ1v) is 7.90. The van der Waals surface area contributed by atoms with Gasteiger partial charge in [0.2, 0.25) is 0 Å². The Bertz CT molecular complexity index is 961. The van der Waals surface area contributed by atoms with E-state index < -0.39 is 5.97 Å². The van der Waals surface area contributed by atoms with E-state index in [2.05, 4.69) is 9.97 Å². The second-order valence-electron chi connectivity index (χ2n) is 5.72. The maximum atomic E-state index is 12.5. The van der Waals surface area contributed by atoms with Crippen molar-refractivity contribution in [3.63, 3.8) is 0 Å². The van der Waals surface area contributed by atoms with Crippen molar-refractivity contribution in [1.82, 2.24) is 9.97 Å². The summed E-state index contributed by atoms with van der Waals surface area (Å²) in [5, 5.41) is 8.83. The summed E-state index contributed by atoms with van der Waals surface area (Å²) >= 11 is 0. The number of hydrogen-bond donors (Lipinski definition) is 0. The first-order chi connectivity index (χ1) is 12.6. The predicted molar refractivity (Wildman–Crippen MR) is 97.9 cm³/mol. The molecule has 26 heavy (non-hydrogen) atoms. The number of rotatable bonds is 4. The van der Waals surface area contributed by atoms with Crippen LogP contribution in [0.3, 0.4) is 0 Å². The van der Waals surface area contributed by atoms with Crippen molar-refractivity contribution in [2.45, 2.75) is 0 Å². The fraction of sp³-hybridized carbons (Fsp3) is 0.100. The van der Waals surface area contributed by atoms with Gasteiger partial charge in [0.1, 0.15) is 17.1 Å². The zero-order chi connectivity index (χ0) is 18.5. The van der Waals surface area contributed by atoms with Gasteiger partial charge in [-0.1, -0.05) is 30.3 Å². The molecule has 0 amide bonds. The highest BCUT2D eigenvalue weighted by atomic mass is 16.5. The van der Waals surface area contributed by atoms with E-state index >= 15 is 0 Å². The number of esters is 1. The van der Waals surface area contributed by atoms with E-state index in [0.717, 1.165) is 5.56 Å². The molecule has 1 aromatic heterocycles. The van der Waals surface area contributed by atoms with Crippen molar-refractivity contribution in [3.8, 4) is 23.2 Å². The van der Waals surface area contributed by atoms with Crippen LogP contribution in [0, 0.1) is 11.3 Å². The maximum absolute atomic E-state index is 12.5. The highest BCUT2D eigenvalue weighted by molar-refractivity contribution is 5.96.